The number of nitriles is 1. The Balaban J connectivity index is 2.25. The number of hydrogen-bond donors (Lipinski definition) is 2. The third-order valence-corrected chi connectivity index (χ3v) is 2.90. The van der Waals surface area contributed by atoms with Crippen LogP contribution in [0.15, 0.2) is 36.5 Å². The maximum Gasteiger partial charge on any atom is 0.255 e. The van der Waals surface area contributed by atoms with Crippen molar-refractivity contribution < 1.29 is 4.79 Å². The highest BCUT2D eigenvalue weighted by atomic mass is 16.1. The van der Waals surface area contributed by atoms with Crippen LogP contribution in [0.4, 0.5) is 5.69 Å². The Kier molecular flexibility index (Phi) is 4.08. The lowest BCUT2D eigenvalue weighted by Crippen LogP contribution is -2.14. The topological polar surface area (TPSA) is 91.8 Å². The molecule has 2 rings (SSSR count). The molecular formula is C15H14N4O. The fraction of sp³-hybridized carbons (Fsp3) is 0.133. The zero-order chi connectivity index (χ0) is 14.5. The van der Waals surface area contributed by atoms with Crippen LogP contribution in [0.5, 0.6) is 0 Å². The second-order valence-electron chi connectivity index (χ2n) is 4.34. The summed E-state index contributed by atoms with van der Waals surface area (Å²) in [7, 11) is 0. The first-order valence-electron chi connectivity index (χ1n) is 6.11. The highest BCUT2D eigenvalue weighted by Gasteiger charge is 2.09. The van der Waals surface area contributed by atoms with Gasteiger partial charge < -0.3 is 11.1 Å². The number of benzene rings is 1. The highest BCUT2D eigenvalue weighted by Crippen LogP contribution is 2.17. The van der Waals surface area contributed by atoms with Gasteiger partial charge in [0.15, 0.2) is 0 Å². The molecule has 5 nitrogen and oxygen atoms in total. The maximum atomic E-state index is 12.2. The predicted molar refractivity (Wildman–Crippen MR) is 76.0 cm³/mol. The van der Waals surface area contributed by atoms with Gasteiger partial charge in [-0.15, -0.1) is 0 Å². The first kappa shape index (κ1) is 13.7. The molecule has 0 aliphatic heterocycles. The Hall–Kier alpha value is -2.71. The van der Waals surface area contributed by atoms with Gasteiger partial charge in [-0.25, -0.2) is 0 Å². The van der Waals surface area contributed by atoms with E-state index in [9.17, 15) is 4.79 Å². The number of nitrogens with one attached hydrogen (secondary N) is 1. The molecule has 0 saturated carbocycles. The third-order valence-electron chi connectivity index (χ3n) is 2.90. The number of aromatic nitrogens is 1. The van der Waals surface area contributed by atoms with Gasteiger partial charge in [-0.2, -0.15) is 5.26 Å². The van der Waals surface area contributed by atoms with Gasteiger partial charge in [-0.05, 0) is 36.8 Å². The molecule has 0 bridgehead atoms. The van der Waals surface area contributed by atoms with Crippen molar-refractivity contribution in [1.82, 2.24) is 4.98 Å². The minimum absolute atomic E-state index is 0.250. The van der Waals surface area contributed by atoms with Crippen molar-refractivity contribution in [3.05, 3.63) is 58.9 Å². The number of carbonyl (C=O) groups is 1. The summed E-state index contributed by atoms with van der Waals surface area (Å²) in [6, 6.07) is 10.5. The normalized spacial score (nSPS) is 9.85. The van der Waals surface area contributed by atoms with Crippen LogP contribution in [0, 0.1) is 18.3 Å². The highest BCUT2D eigenvalue weighted by molar-refractivity contribution is 6.04. The molecule has 0 fully saturated rings. The van der Waals surface area contributed by atoms with Crippen molar-refractivity contribution in [2.45, 2.75) is 13.5 Å². The molecular weight excluding hydrogens is 252 g/mol. The number of carbonyl (C=O) groups excluding carboxylic acids is 1. The summed E-state index contributed by atoms with van der Waals surface area (Å²) in [5.41, 5.74) is 8.67. The van der Waals surface area contributed by atoms with Crippen molar-refractivity contribution in [3.63, 3.8) is 0 Å². The smallest absolute Gasteiger partial charge is 0.255 e. The number of amides is 1. The number of nitrogens with two attached hydrogens (primary N) is 1. The average molecular weight is 266 g/mol. The Morgan fingerprint density at radius 1 is 1.40 bits per heavy atom. The standard InChI is InChI=1S/C15H14N4O/c1-10-2-3-11(8-16)6-14(10)19-15(20)12-4-5-18-13(7-12)9-17/h2-7H,9,17H2,1H3,(H,19,20). The van der Waals surface area contributed by atoms with E-state index >= 15 is 0 Å². The molecule has 5 heteroatoms. The molecule has 0 atom stereocenters. The largest absolute Gasteiger partial charge is 0.325 e. The molecule has 1 heterocycles. The van der Waals surface area contributed by atoms with E-state index in [1.165, 1.54) is 0 Å². The molecule has 0 aliphatic carbocycles. The third kappa shape index (κ3) is 2.99. The van der Waals surface area contributed by atoms with E-state index < -0.39 is 0 Å². The molecule has 1 aromatic heterocycles. The molecule has 100 valence electrons. The fourth-order valence-electron chi connectivity index (χ4n) is 1.75. The molecule has 0 spiro atoms. The predicted octanol–water partition coefficient (Wildman–Crippen LogP) is 1.97. The summed E-state index contributed by atoms with van der Waals surface area (Å²) in [5, 5.41) is 11.7. The van der Waals surface area contributed by atoms with Crippen molar-refractivity contribution in [2.75, 3.05) is 5.32 Å². The quantitative estimate of drug-likeness (QED) is 0.888. The number of rotatable bonds is 3. The van der Waals surface area contributed by atoms with E-state index in [2.05, 4.69) is 10.3 Å². The lowest BCUT2D eigenvalue weighted by Gasteiger charge is -2.09. The van der Waals surface area contributed by atoms with Crippen LogP contribution >= 0.6 is 0 Å². The number of pyridine rings is 1. The lowest BCUT2D eigenvalue weighted by atomic mass is 10.1. The second kappa shape index (κ2) is 5.95. The van der Waals surface area contributed by atoms with E-state index in [1.807, 2.05) is 13.0 Å². The van der Waals surface area contributed by atoms with E-state index in [0.717, 1.165) is 5.56 Å². The first-order chi connectivity index (χ1) is 9.63. The lowest BCUT2D eigenvalue weighted by molar-refractivity contribution is 0.102. The summed E-state index contributed by atoms with van der Waals surface area (Å²) in [6.07, 6.45) is 1.55. The molecule has 3 N–H and O–H groups in total. The van der Waals surface area contributed by atoms with Gasteiger partial charge in [0.1, 0.15) is 0 Å². The monoisotopic (exact) mass is 266 g/mol. The molecule has 0 radical (unpaired) electrons. The van der Waals surface area contributed by atoms with Gasteiger partial charge in [0.05, 0.1) is 17.3 Å². The Morgan fingerprint density at radius 3 is 2.90 bits per heavy atom. The summed E-state index contributed by atoms with van der Waals surface area (Å²) in [5.74, 6) is -0.250. The van der Waals surface area contributed by atoms with Gasteiger partial charge in [0.2, 0.25) is 0 Å². The van der Waals surface area contributed by atoms with Crippen LogP contribution < -0.4 is 11.1 Å². The van der Waals surface area contributed by atoms with Crippen LogP contribution in [0.3, 0.4) is 0 Å². The van der Waals surface area contributed by atoms with Gasteiger partial charge >= 0.3 is 0 Å². The molecule has 2 aromatic rings. The number of hydrogen-bond acceptors (Lipinski definition) is 4. The summed E-state index contributed by atoms with van der Waals surface area (Å²) < 4.78 is 0. The van der Waals surface area contributed by atoms with E-state index in [0.29, 0.717) is 22.5 Å². The molecule has 0 saturated heterocycles. The van der Waals surface area contributed by atoms with Gasteiger partial charge in [-0.1, -0.05) is 6.07 Å². The van der Waals surface area contributed by atoms with Crippen LogP contribution in [0.2, 0.25) is 0 Å². The fourth-order valence-corrected chi connectivity index (χ4v) is 1.75. The summed E-state index contributed by atoms with van der Waals surface area (Å²) >= 11 is 0. The Bertz CT molecular complexity index is 689. The number of nitrogens with zero attached hydrogens (tertiary/aromatic N) is 2. The van der Waals surface area contributed by atoms with E-state index in [-0.39, 0.29) is 12.5 Å². The molecule has 0 unspecified atom stereocenters. The van der Waals surface area contributed by atoms with Gasteiger partial charge in [0.25, 0.3) is 5.91 Å². The first-order valence-corrected chi connectivity index (χ1v) is 6.11. The second-order valence-corrected chi connectivity index (χ2v) is 4.34. The molecule has 0 aliphatic rings. The molecule has 20 heavy (non-hydrogen) atoms. The maximum absolute atomic E-state index is 12.2. The van der Waals surface area contributed by atoms with Crippen LogP contribution in [-0.4, -0.2) is 10.9 Å². The van der Waals surface area contributed by atoms with Crippen molar-refractivity contribution in [3.8, 4) is 6.07 Å². The van der Waals surface area contributed by atoms with Gasteiger partial charge in [-0.3, -0.25) is 9.78 Å². The zero-order valence-corrected chi connectivity index (χ0v) is 11.1. The summed E-state index contributed by atoms with van der Waals surface area (Å²) in [6.45, 7) is 2.15. The van der Waals surface area contributed by atoms with Crippen molar-refractivity contribution >= 4 is 11.6 Å². The minimum Gasteiger partial charge on any atom is -0.325 e. The zero-order valence-electron chi connectivity index (χ0n) is 11.1. The number of aryl methyl sites for hydroxylation is 1. The number of anilines is 1. The molecule has 1 amide bonds. The minimum atomic E-state index is -0.250. The van der Waals surface area contributed by atoms with Crippen molar-refractivity contribution in [2.24, 2.45) is 5.73 Å². The van der Waals surface area contributed by atoms with E-state index in [1.54, 1.807) is 36.5 Å². The van der Waals surface area contributed by atoms with Gasteiger partial charge in [0, 0.05) is 24.0 Å². The summed E-state index contributed by atoms with van der Waals surface area (Å²) in [4.78, 5) is 16.2. The molecule has 1 aromatic carbocycles. The van der Waals surface area contributed by atoms with Crippen LogP contribution in [0.1, 0.15) is 27.2 Å². The average Bonchev–Trinajstić information content (AvgIpc) is 2.49. The van der Waals surface area contributed by atoms with Crippen molar-refractivity contribution in [1.29, 1.82) is 5.26 Å². The van der Waals surface area contributed by atoms with Crippen LogP contribution in [-0.2, 0) is 6.54 Å². The van der Waals surface area contributed by atoms with E-state index in [4.69, 9.17) is 11.0 Å². The SMILES string of the molecule is Cc1ccc(C#N)cc1NC(=O)c1ccnc(CN)c1. The Labute approximate surface area is 117 Å². The van der Waals surface area contributed by atoms with Crippen LogP contribution in [0.25, 0.3) is 0 Å². The Morgan fingerprint density at radius 2 is 2.20 bits per heavy atom.